The van der Waals surface area contributed by atoms with Crippen molar-refractivity contribution >= 4 is 11.8 Å². The van der Waals surface area contributed by atoms with Crippen molar-refractivity contribution in [2.45, 2.75) is 32.4 Å². The van der Waals surface area contributed by atoms with E-state index in [1.54, 1.807) is 24.3 Å². The Balaban J connectivity index is 1.47. The Bertz CT molecular complexity index is 828. The maximum atomic E-state index is 13.9. The zero-order valence-corrected chi connectivity index (χ0v) is 16.8. The minimum absolute atomic E-state index is 0.0404. The maximum Gasteiger partial charge on any atom is 0.251 e. The number of rotatable bonds is 6. The molecule has 2 aromatic rings. The molecule has 1 atom stereocenters. The first-order valence-corrected chi connectivity index (χ1v) is 10.1. The first-order valence-electron chi connectivity index (χ1n) is 10.1. The molecule has 0 aromatic heterocycles. The number of hydrogen-bond donors (Lipinski definition) is 1. The highest BCUT2D eigenvalue weighted by atomic mass is 19.1. The highest BCUT2D eigenvalue weighted by Crippen LogP contribution is 2.13. The number of halogens is 1. The lowest BCUT2D eigenvalue weighted by Gasteiger charge is -2.24. The van der Waals surface area contributed by atoms with Gasteiger partial charge >= 0.3 is 0 Å². The average molecular weight is 397 g/mol. The first-order chi connectivity index (χ1) is 14.0. The molecule has 1 fully saturated rings. The Kier molecular flexibility index (Phi) is 7.36. The van der Waals surface area contributed by atoms with Gasteiger partial charge in [-0.1, -0.05) is 36.4 Å². The van der Waals surface area contributed by atoms with Gasteiger partial charge in [0.1, 0.15) is 5.82 Å². The molecule has 0 radical (unpaired) electrons. The largest absolute Gasteiger partial charge is 0.349 e. The van der Waals surface area contributed by atoms with Crippen molar-refractivity contribution in [2.75, 3.05) is 26.2 Å². The van der Waals surface area contributed by atoms with Gasteiger partial charge in [-0.2, -0.15) is 0 Å². The van der Waals surface area contributed by atoms with Crippen molar-refractivity contribution in [1.82, 2.24) is 15.1 Å². The maximum absolute atomic E-state index is 13.9. The van der Waals surface area contributed by atoms with Crippen LogP contribution in [0.15, 0.2) is 54.6 Å². The Morgan fingerprint density at radius 2 is 1.72 bits per heavy atom. The normalized spacial score (nSPS) is 16.1. The highest BCUT2D eigenvalue weighted by Gasteiger charge is 2.22. The third-order valence-electron chi connectivity index (χ3n) is 5.19. The van der Waals surface area contributed by atoms with E-state index in [-0.39, 0.29) is 30.1 Å². The van der Waals surface area contributed by atoms with Crippen LogP contribution in [0.4, 0.5) is 4.39 Å². The number of carbonyl (C=O) groups is 2. The molecule has 1 saturated heterocycles. The third kappa shape index (κ3) is 6.12. The molecule has 1 unspecified atom stereocenters. The van der Waals surface area contributed by atoms with Crippen LogP contribution in [0, 0.1) is 5.82 Å². The summed E-state index contributed by atoms with van der Waals surface area (Å²) in [5.41, 5.74) is 1.27. The Hall–Kier alpha value is -2.73. The fraction of sp³-hybridized carbons (Fsp3) is 0.391. The van der Waals surface area contributed by atoms with Crippen LogP contribution >= 0.6 is 0 Å². The van der Waals surface area contributed by atoms with E-state index in [1.165, 1.54) is 6.07 Å². The molecule has 154 valence electrons. The van der Waals surface area contributed by atoms with Crippen LogP contribution in [0.5, 0.6) is 0 Å². The zero-order chi connectivity index (χ0) is 20.6. The monoisotopic (exact) mass is 397 g/mol. The van der Waals surface area contributed by atoms with Crippen molar-refractivity contribution in [3.63, 3.8) is 0 Å². The lowest BCUT2D eigenvalue weighted by Crippen LogP contribution is -2.40. The zero-order valence-electron chi connectivity index (χ0n) is 16.8. The van der Waals surface area contributed by atoms with Gasteiger partial charge in [0.2, 0.25) is 5.91 Å². The van der Waals surface area contributed by atoms with Gasteiger partial charge in [-0.3, -0.25) is 14.5 Å². The van der Waals surface area contributed by atoms with E-state index in [4.69, 9.17) is 0 Å². The summed E-state index contributed by atoms with van der Waals surface area (Å²) >= 11 is 0. The second-order valence-electron chi connectivity index (χ2n) is 7.55. The van der Waals surface area contributed by atoms with E-state index in [0.29, 0.717) is 37.3 Å². The fourth-order valence-corrected chi connectivity index (χ4v) is 3.58. The molecule has 6 heteroatoms. The molecular weight excluding hydrogens is 369 g/mol. The number of benzene rings is 2. The number of nitrogens with one attached hydrogen (secondary N) is 1. The summed E-state index contributed by atoms with van der Waals surface area (Å²) in [6.07, 6.45) is 1.12. The van der Waals surface area contributed by atoms with Gasteiger partial charge in [-0.05, 0) is 31.5 Å². The van der Waals surface area contributed by atoms with Gasteiger partial charge in [0.25, 0.3) is 5.91 Å². The van der Waals surface area contributed by atoms with Crippen molar-refractivity contribution in [1.29, 1.82) is 0 Å². The molecule has 1 aliphatic rings. The molecule has 0 saturated carbocycles. The SMILES string of the molecule is CC(CC(=O)N1CCCN(Cc2ccccc2F)CC1)NC(=O)c1ccccc1. The summed E-state index contributed by atoms with van der Waals surface area (Å²) in [5, 5.41) is 2.89. The van der Waals surface area contributed by atoms with Gasteiger partial charge in [-0.25, -0.2) is 4.39 Å². The Morgan fingerprint density at radius 3 is 2.48 bits per heavy atom. The van der Waals surface area contributed by atoms with Gasteiger partial charge < -0.3 is 10.2 Å². The lowest BCUT2D eigenvalue weighted by molar-refractivity contribution is -0.131. The summed E-state index contributed by atoms with van der Waals surface area (Å²) in [6, 6.07) is 15.6. The van der Waals surface area contributed by atoms with Crippen molar-refractivity contribution in [3.05, 3.63) is 71.5 Å². The van der Waals surface area contributed by atoms with E-state index >= 15 is 0 Å². The standard InChI is InChI=1S/C23H28FN3O2/c1-18(25-23(29)19-8-3-2-4-9-19)16-22(28)27-13-7-12-26(14-15-27)17-20-10-5-6-11-21(20)24/h2-6,8-11,18H,7,12-17H2,1H3,(H,25,29). The number of amides is 2. The Morgan fingerprint density at radius 1 is 1.00 bits per heavy atom. The predicted octanol–water partition coefficient (Wildman–Crippen LogP) is 3.07. The van der Waals surface area contributed by atoms with Crippen LogP contribution in [-0.4, -0.2) is 53.8 Å². The summed E-state index contributed by atoms with van der Waals surface area (Å²) < 4.78 is 13.9. The van der Waals surface area contributed by atoms with Crippen LogP contribution in [0.3, 0.4) is 0 Å². The molecule has 2 amide bonds. The third-order valence-corrected chi connectivity index (χ3v) is 5.19. The molecule has 5 nitrogen and oxygen atoms in total. The molecular formula is C23H28FN3O2. The molecule has 1 heterocycles. The number of carbonyl (C=O) groups excluding carboxylic acids is 2. The molecule has 2 aromatic carbocycles. The van der Waals surface area contributed by atoms with E-state index in [1.807, 2.05) is 36.1 Å². The topological polar surface area (TPSA) is 52.7 Å². The van der Waals surface area contributed by atoms with Crippen LogP contribution in [0.25, 0.3) is 0 Å². The summed E-state index contributed by atoms with van der Waals surface area (Å²) in [6.45, 7) is 5.25. The van der Waals surface area contributed by atoms with Crippen LogP contribution < -0.4 is 5.32 Å². The van der Waals surface area contributed by atoms with E-state index in [2.05, 4.69) is 10.2 Å². The number of nitrogens with zero attached hydrogens (tertiary/aromatic N) is 2. The van der Waals surface area contributed by atoms with Gasteiger partial charge in [0.15, 0.2) is 0 Å². The summed E-state index contributed by atoms with van der Waals surface area (Å²) in [4.78, 5) is 29.0. The first kappa shape index (κ1) is 21.0. The lowest BCUT2D eigenvalue weighted by atomic mass is 10.1. The second-order valence-corrected chi connectivity index (χ2v) is 7.55. The average Bonchev–Trinajstić information content (AvgIpc) is 2.96. The predicted molar refractivity (Wildman–Crippen MR) is 111 cm³/mol. The molecule has 3 rings (SSSR count). The molecule has 1 N–H and O–H groups in total. The molecule has 29 heavy (non-hydrogen) atoms. The van der Waals surface area contributed by atoms with E-state index in [0.717, 1.165) is 13.0 Å². The molecule has 1 aliphatic heterocycles. The van der Waals surface area contributed by atoms with Crippen molar-refractivity contribution in [3.8, 4) is 0 Å². The smallest absolute Gasteiger partial charge is 0.251 e. The minimum atomic E-state index is -0.243. The summed E-state index contributed by atoms with van der Waals surface area (Å²) in [5.74, 6) is -0.316. The van der Waals surface area contributed by atoms with E-state index in [9.17, 15) is 14.0 Å². The Labute approximate surface area is 171 Å². The van der Waals surface area contributed by atoms with Crippen molar-refractivity contribution < 1.29 is 14.0 Å². The number of hydrogen-bond acceptors (Lipinski definition) is 3. The van der Waals surface area contributed by atoms with Gasteiger partial charge in [0.05, 0.1) is 0 Å². The molecule has 0 aliphatic carbocycles. The second kappa shape index (κ2) is 10.2. The minimum Gasteiger partial charge on any atom is -0.349 e. The fourth-order valence-electron chi connectivity index (χ4n) is 3.58. The van der Waals surface area contributed by atoms with Crippen LogP contribution in [-0.2, 0) is 11.3 Å². The molecule has 0 bridgehead atoms. The van der Waals surface area contributed by atoms with Crippen molar-refractivity contribution in [2.24, 2.45) is 0 Å². The van der Waals surface area contributed by atoms with Gasteiger partial charge in [0, 0.05) is 56.3 Å². The summed E-state index contributed by atoms with van der Waals surface area (Å²) in [7, 11) is 0. The van der Waals surface area contributed by atoms with Crippen LogP contribution in [0.1, 0.15) is 35.7 Å². The van der Waals surface area contributed by atoms with Gasteiger partial charge in [-0.15, -0.1) is 0 Å². The highest BCUT2D eigenvalue weighted by molar-refractivity contribution is 5.94. The molecule has 0 spiro atoms. The van der Waals surface area contributed by atoms with E-state index < -0.39 is 0 Å². The quantitative estimate of drug-likeness (QED) is 0.815. The van der Waals surface area contributed by atoms with Crippen LogP contribution in [0.2, 0.25) is 0 Å².